The number of alkyl halides is 3. The van der Waals surface area contributed by atoms with Crippen molar-refractivity contribution in [3.8, 4) is 0 Å². The van der Waals surface area contributed by atoms with Gasteiger partial charge in [0, 0.05) is 5.69 Å². The predicted octanol–water partition coefficient (Wildman–Crippen LogP) is 8.73. The van der Waals surface area contributed by atoms with Gasteiger partial charge in [0.1, 0.15) is 12.2 Å². The number of benzene rings is 5. The van der Waals surface area contributed by atoms with Gasteiger partial charge < -0.3 is 47.9 Å². The number of halogens is 3. The van der Waals surface area contributed by atoms with E-state index in [9.17, 15) is 18.0 Å². The van der Waals surface area contributed by atoms with Gasteiger partial charge >= 0.3 is 12.1 Å². The van der Waals surface area contributed by atoms with Crippen molar-refractivity contribution >= 4 is 17.3 Å². The standard InChI is InChI=1S/C49H56F3NO10/c50-49(51,52)43-19-12-20-44(39-43)53-46-22-11-10-21-45(46)47(54)62-37-35-60-33-31-58-29-27-56-25-23-55-24-26-57-28-30-59-32-34-61-36-38-63-48(40-13-4-1-5-14-40,41-15-6-2-7-16-41)42-17-8-3-9-18-42/h1-22,39,53H,23-38H2. The van der Waals surface area contributed by atoms with Gasteiger partial charge in [-0.3, -0.25) is 0 Å². The number of anilines is 2. The molecule has 0 saturated heterocycles. The van der Waals surface area contributed by atoms with Crippen molar-refractivity contribution in [2.75, 3.05) is 111 Å². The molecule has 5 rings (SSSR count). The Kier molecular flexibility index (Phi) is 21.6. The number of nitrogens with one attached hydrogen (secondary N) is 1. The highest BCUT2D eigenvalue weighted by Crippen LogP contribution is 2.40. The van der Waals surface area contributed by atoms with E-state index in [1.807, 2.05) is 54.6 Å². The number of rotatable bonds is 31. The zero-order chi connectivity index (χ0) is 44.3. The van der Waals surface area contributed by atoms with E-state index in [-0.39, 0.29) is 24.5 Å². The first-order valence-electron chi connectivity index (χ1n) is 20.9. The van der Waals surface area contributed by atoms with Crippen molar-refractivity contribution in [1.29, 1.82) is 0 Å². The summed E-state index contributed by atoms with van der Waals surface area (Å²) in [4.78, 5) is 12.6. The molecule has 0 aliphatic rings. The molecular formula is C49H56F3NO10. The van der Waals surface area contributed by atoms with Gasteiger partial charge in [-0.2, -0.15) is 13.2 Å². The highest BCUT2D eigenvalue weighted by Gasteiger charge is 2.37. The van der Waals surface area contributed by atoms with Crippen LogP contribution in [-0.2, 0) is 54.4 Å². The molecule has 1 N–H and O–H groups in total. The minimum atomic E-state index is -4.48. The maximum Gasteiger partial charge on any atom is 0.416 e. The summed E-state index contributed by atoms with van der Waals surface area (Å²) < 4.78 is 90.4. The van der Waals surface area contributed by atoms with Crippen LogP contribution < -0.4 is 5.32 Å². The van der Waals surface area contributed by atoms with E-state index in [4.69, 9.17) is 42.6 Å². The average molecular weight is 876 g/mol. The molecule has 0 amide bonds. The van der Waals surface area contributed by atoms with Gasteiger partial charge in [-0.25, -0.2) is 4.79 Å². The SMILES string of the molecule is O=C(OCCOCCOCCOCCOCCOCCOCCOCCOC(c1ccccc1)(c1ccccc1)c1ccccc1)c1ccccc1Nc1cccc(C(F)(F)F)c1. The van der Waals surface area contributed by atoms with Crippen LogP contribution in [0.2, 0.25) is 0 Å². The lowest BCUT2D eigenvalue weighted by Gasteiger charge is -2.36. The quantitative estimate of drug-likeness (QED) is 0.0262. The zero-order valence-electron chi connectivity index (χ0n) is 35.3. The van der Waals surface area contributed by atoms with Crippen molar-refractivity contribution in [3.05, 3.63) is 167 Å². The fraction of sp³-hybridized carbons (Fsp3) is 0.367. The van der Waals surface area contributed by atoms with Gasteiger partial charge in [-0.05, 0) is 47.0 Å². The van der Waals surface area contributed by atoms with E-state index in [1.165, 1.54) is 18.2 Å². The lowest BCUT2D eigenvalue weighted by atomic mass is 9.80. The molecule has 0 spiro atoms. The van der Waals surface area contributed by atoms with E-state index >= 15 is 0 Å². The van der Waals surface area contributed by atoms with E-state index in [2.05, 4.69) is 41.7 Å². The van der Waals surface area contributed by atoms with Crippen LogP contribution in [0, 0.1) is 0 Å². The average Bonchev–Trinajstić information content (AvgIpc) is 3.31. The fourth-order valence-corrected chi connectivity index (χ4v) is 6.41. The third kappa shape index (κ3) is 16.8. The number of hydrogen-bond acceptors (Lipinski definition) is 11. The van der Waals surface area contributed by atoms with Crippen LogP contribution >= 0.6 is 0 Å². The second-order valence-electron chi connectivity index (χ2n) is 13.8. The van der Waals surface area contributed by atoms with Gasteiger partial charge in [0.25, 0.3) is 0 Å². The smallest absolute Gasteiger partial charge is 0.416 e. The van der Waals surface area contributed by atoms with Crippen LogP contribution in [0.4, 0.5) is 24.5 Å². The minimum Gasteiger partial charge on any atom is -0.460 e. The van der Waals surface area contributed by atoms with Crippen LogP contribution in [0.25, 0.3) is 0 Å². The molecule has 14 heteroatoms. The second-order valence-corrected chi connectivity index (χ2v) is 13.8. The van der Waals surface area contributed by atoms with Crippen LogP contribution in [-0.4, -0.2) is 112 Å². The predicted molar refractivity (Wildman–Crippen MR) is 232 cm³/mol. The normalized spacial score (nSPS) is 11.7. The van der Waals surface area contributed by atoms with E-state index < -0.39 is 23.3 Å². The molecule has 0 unspecified atom stereocenters. The molecule has 0 aliphatic heterocycles. The summed E-state index contributed by atoms with van der Waals surface area (Å²) in [5.74, 6) is -0.630. The van der Waals surface area contributed by atoms with E-state index in [0.717, 1.165) is 28.8 Å². The molecule has 0 radical (unpaired) electrons. The molecule has 11 nitrogen and oxygen atoms in total. The van der Waals surface area contributed by atoms with Gasteiger partial charge in [0.15, 0.2) is 0 Å². The number of carbonyl (C=O) groups excluding carboxylic acids is 1. The molecule has 5 aromatic carbocycles. The van der Waals surface area contributed by atoms with Gasteiger partial charge in [0.05, 0.1) is 116 Å². The Morgan fingerprint density at radius 2 is 0.778 bits per heavy atom. The number of carbonyl (C=O) groups is 1. The molecule has 0 fully saturated rings. The maximum atomic E-state index is 13.1. The largest absolute Gasteiger partial charge is 0.460 e. The Morgan fingerprint density at radius 3 is 1.21 bits per heavy atom. The summed E-state index contributed by atoms with van der Waals surface area (Å²) in [6, 6.07) is 41.9. The molecule has 0 aromatic heterocycles. The van der Waals surface area contributed by atoms with E-state index in [0.29, 0.717) is 98.2 Å². The lowest BCUT2D eigenvalue weighted by Crippen LogP contribution is -2.34. The molecule has 5 aromatic rings. The summed E-state index contributed by atoms with van der Waals surface area (Å²) in [6.45, 7) is 5.88. The first kappa shape index (κ1) is 48.9. The summed E-state index contributed by atoms with van der Waals surface area (Å²) in [6.07, 6.45) is -4.48. The number of ether oxygens (including phenoxy) is 9. The summed E-state index contributed by atoms with van der Waals surface area (Å²) in [7, 11) is 0. The summed E-state index contributed by atoms with van der Waals surface area (Å²) in [5, 5.41) is 2.86. The number of para-hydroxylation sites is 1. The first-order chi connectivity index (χ1) is 30.9. The van der Waals surface area contributed by atoms with E-state index in [1.54, 1.807) is 18.2 Å². The van der Waals surface area contributed by atoms with Crippen molar-refractivity contribution in [1.82, 2.24) is 0 Å². The minimum absolute atomic E-state index is 0.00552. The summed E-state index contributed by atoms with van der Waals surface area (Å²) in [5.41, 5.74) is 2.27. The highest BCUT2D eigenvalue weighted by molar-refractivity contribution is 5.96. The number of esters is 1. The fourth-order valence-electron chi connectivity index (χ4n) is 6.41. The van der Waals surface area contributed by atoms with Gasteiger partial charge in [0.2, 0.25) is 0 Å². The van der Waals surface area contributed by atoms with Crippen molar-refractivity contribution < 1.29 is 60.6 Å². The third-order valence-electron chi connectivity index (χ3n) is 9.40. The Balaban J connectivity index is 0.799. The molecule has 0 saturated carbocycles. The van der Waals surface area contributed by atoms with Crippen LogP contribution in [0.3, 0.4) is 0 Å². The van der Waals surface area contributed by atoms with Crippen molar-refractivity contribution in [2.24, 2.45) is 0 Å². The van der Waals surface area contributed by atoms with Crippen molar-refractivity contribution in [3.63, 3.8) is 0 Å². The molecule has 0 heterocycles. The molecule has 0 atom stereocenters. The van der Waals surface area contributed by atoms with Crippen LogP contribution in [0.5, 0.6) is 0 Å². The Hall–Kier alpha value is -5.16. The van der Waals surface area contributed by atoms with Crippen LogP contribution in [0.1, 0.15) is 32.6 Å². The first-order valence-corrected chi connectivity index (χ1v) is 20.9. The topological polar surface area (TPSA) is 112 Å². The lowest BCUT2D eigenvalue weighted by molar-refractivity contribution is -0.137. The summed E-state index contributed by atoms with van der Waals surface area (Å²) >= 11 is 0. The Bertz CT molecular complexity index is 1890. The second kappa shape index (κ2) is 27.8. The van der Waals surface area contributed by atoms with Crippen molar-refractivity contribution in [2.45, 2.75) is 11.8 Å². The monoisotopic (exact) mass is 875 g/mol. The highest BCUT2D eigenvalue weighted by atomic mass is 19.4. The molecule has 63 heavy (non-hydrogen) atoms. The third-order valence-corrected chi connectivity index (χ3v) is 9.40. The molecular weight excluding hydrogens is 820 g/mol. The Morgan fingerprint density at radius 1 is 0.413 bits per heavy atom. The maximum absolute atomic E-state index is 13.1. The van der Waals surface area contributed by atoms with Gasteiger partial charge in [-0.1, -0.05) is 109 Å². The molecule has 0 bridgehead atoms. The number of hydrogen-bond donors (Lipinski definition) is 1. The van der Waals surface area contributed by atoms with Crippen LogP contribution in [0.15, 0.2) is 140 Å². The molecule has 0 aliphatic carbocycles. The molecule has 338 valence electrons. The zero-order valence-corrected chi connectivity index (χ0v) is 35.3. The Labute approximate surface area is 367 Å². The van der Waals surface area contributed by atoms with Gasteiger partial charge in [-0.15, -0.1) is 0 Å².